The van der Waals surface area contributed by atoms with Crippen molar-refractivity contribution in [1.29, 1.82) is 0 Å². The van der Waals surface area contributed by atoms with E-state index in [1.54, 1.807) is 23.1 Å². The molecular formula is C18H19FN2O2. The predicted octanol–water partition coefficient (Wildman–Crippen LogP) is 4.26. The normalized spacial score (nSPS) is 11.3. The third-order valence-electron chi connectivity index (χ3n) is 3.84. The molecule has 3 rings (SSSR count). The van der Waals surface area contributed by atoms with Crippen molar-refractivity contribution < 1.29 is 13.6 Å². The van der Waals surface area contributed by atoms with Gasteiger partial charge in [-0.2, -0.15) is 0 Å². The molecule has 120 valence electrons. The number of rotatable bonds is 4. The largest absolute Gasteiger partial charge is 0.464 e. The number of para-hydroxylation sites is 1. The molecule has 0 atom stereocenters. The van der Waals surface area contributed by atoms with E-state index >= 15 is 0 Å². The molecule has 5 heteroatoms. The predicted molar refractivity (Wildman–Crippen MR) is 86.7 cm³/mol. The molecule has 0 bridgehead atoms. The van der Waals surface area contributed by atoms with Crippen LogP contribution in [-0.4, -0.2) is 21.8 Å². The van der Waals surface area contributed by atoms with Crippen LogP contribution in [0.15, 0.2) is 40.8 Å². The minimum atomic E-state index is -0.362. The highest BCUT2D eigenvalue weighted by Crippen LogP contribution is 2.21. The van der Waals surface area contributed by atoms with Crippen LogP contribution < -0.4 is 0 Å². The lowest BCUT2D eigenvalue weighted by Gasteiger charge is -2.25. The molecular weight excluding hydrogens is 295 g/mol. The summed E-state index contributed by atoms with van der Waals surface area (Å²) in [6.07, 6.45) is 0. The first-order valence-electron chi connectivity index (χ1n) is 7.59. The van der Waals surface area contributed by atoms with Crippen molar-refractivity contribution in [2.24, 2.45) is 0 Å². The van der Waals surface area contributed by atoms with Crippen LogP contribution in [0, 0.1) is 12.7 Å². The number of nitrogens with one attached hydrogen (secondary N) is 1. The SMILES string of the molecule is Cc1ccc(CN(C(=O)c2cc3cccc(F)c3[nH]2)C(C)C)o1. The molecule has 0 aliphatic heterocycles. The molecule has 1 amide bonds. The van der Waals surface area contributed by atoms with Crippen LogP contribution >= 0.6 is 0 Å². The lowest BCUT2D eigenvalue weighted by molar-refractivity contribution is 0.0670. The van der Waals surface area contributed by atoms with Crippen LogP contribution in [0.25, 0.3) is 10.9 Å². The Morgan fingerprint density at radius 3 is 2.70 bits per heavy atom. The van der Waals surface area contributed by atoms with E-state index < -0.39 is 0 Å². The van der Waals surface area contributed by atoms with E-state index in [0.717, 1.165) is 11.5 Å². The third-order valence-corrected chi connectivity index (χ3v) is 3.84. The number of aromatic amines is 1. The Bertz CT molecular complexity index is 848. The number of hydrogen-bond acceptors (Lipinski definition) is 2. The van der Waals surface area contributed by atoms with Gasteiger partial charge in [0, 0.05) is 11.4 Å². The van der Waals surface area contributed by atoms with Crippen molar-refractivity contribution in [3.05, 3.63) is 59.4 Å². The number of benzene rings is 1. The van der Waals surface area contributed by atoms with Gasteiger partial charge in [0.1, 0.15) is 23.0 Å². The molecule has 4 nitrogen and oxygen atoms in total. The van der Waals surface area contributed by atoms with E-state index in [4.69, 9.17) is 4.42 Å². The zero-order chi connectivity index (χ0) is 16.6. The zero-order valence-corrected chi connectivity index (χ0v) is 13.4. The summed E-state index contributed by atoms with van der Waals surface area (Å²) in [6, 6.07) is 10.2. The van der Waals surface area contributed by atoms with Crippen LogP contribution in [0.1, 0.15) is 35.9 Å². The number of carbonyl (C=O) groups excluding carboxylic acids is 1. The molecule has 2 heterocycles. The van der Waals surface area contributed by atoms with Gasteiger partial charge in [-0.3, -0.25) is 4.79 Å². The fourth-order valence-corrected chi connectivity index (χ4v) is 2.62. The maximum absolute atomic E-state index is 13.8. The zero-order valence-electron chi connectivity index (χ0n) is 13.4. The van der Waals surface area contributed by atoms with Crippen LogP contribution in [0.4, 0.5) is 4.39 Å². The van der Waals surface area contributed by atoms with Crippen LogP contribution in [0.5, 0.6) is 0 Å². The Morgan fingerprint density at radius 2 is 2.09 bits per heavy atom. The van der Waals surface area contributed by atoms with Crippen molar-refractivity contribution in [2.75, 3.05) is 0 Å². The summed E-state index contributed by atoms with van der Waals surface area (Å²) in [5.41, 5.74) is 0.732. The highest BCUT2D eigenvalue weighted by Gasteiger charge is 2.22. The number of fused-ring (bicyclic) bond motifs is 1. The number of amides is 1. The third kappa shape index (κ3) is 2.99. The molecule has 1 N–H and O–H groups in total. The fraction of sp³-hybridized carbons (Fsp3) is 0.278. The van der Waals surface area contributed by atoms with Crippen LogP contribution in [0.3, 0.4) is 0 Å². The second kappa shape index (κ2) is 5.91. The molecule has 0 saturated heterocycles. The lowest BCUT2D eigenvalue weighted by Crippen LogP contribution is -2.36. The average Bonchev–Trinajstić information content (AvgIpc) is 3.11. The van der Waals surface area contributed by atoms with E-state index in [1.165, 1.54) is 6.07 Å². The Balaban J connectivity index is 1.91. The van der Waals surface area contributed by atoms with Gasteiger partial charge in [0.2, 0.25) is 0 Å². The lowest BCUT2D eigenvalue weighted by atomic mass is 10.2. The Kier molecular flexibility index (Phi) is 3.94. The molecule has 2 aromatic heterocycles. The Hall–Kier alpha value is -2.56. The number of nitrogens with zero attached hydrogens (tertiary/aromatic N) is 1. The monoisotopic (exact) mass is 314 g/mol. The molecule has 23 heavy (non-hydrogen) atoms. The van der Waals surface area contributed by atoms with Crippen LogP contribution in [0.2, 0.25) is 0 Å². The maximum Gasteiger partial charge on any atom is 0.270 e. The summed E-state index contributed by atoms with van der Waals surface area (Å²) in [6.45, 7) is 6.13. The molecule has 0 aliphatic rings. The minimum absolute atomic E-state index is 0.0100. The molecule has 1 aromatic carbocycles. The topological polar surface area (TPSA) is 49.2 Å². The summed E-state index contributed by atoms with van der Waals surface area (Å²) in [7, 11) is 0. The van der Waals surface area contributed by atoms with Gasteiger partial charge in [0.25, 0.3) is 5.91 Å². The second-order valence-corrected chi connectivity index (χ2v) is 5.93. The first-order chi connectivity index (χ1) is 11.0. The highest BCUT2D eigenvalue weighted by atomic mass is 19.1. The summed E-state index contributed by atoms with van der Waals surface area (Å²) < 4.78 is 19.4. The standard InChI is InChI=1S/C18H19FN2O2/c1-11(2)21(10-14-8-7-12(3)23-14)18(22)16-9-13-5-4-6-15(19)17(13)20-16/h4-9,11,20H,10H2,1-3H3. The molecule has 0 spiro atoms. The maximum atomic E-state index is 13.8. The average molecular weight is 314 g/mol. The second-order valence-electron chi connectivity index (χ2n) is 5.93. The smallest absolute Gasteiger partial charge is 0.270 e. The van der Waals surface area contributed by atoms with Gasteiger partial charge in [-0.15, -0.1) is 0 Å². The summed E-state index contributed by atoms with van der Waals surface area (Å²) in [4.78, 5) is 17.4. The van der Waals surface area contributed by atoms with Gasteiger partial charge in [-0.1, -0.05) is 12.1 Å². The van der Waals surface area contributed by atoms with E-state index in [1.807, 2.05) is 32.9 Å². The van der Waals surface area contributed by atoms with E-state index in [9.17, 15) is 9.18 Å². The molecule has 0 unspecified atom stereocenters. The van der Waals surface area contributed by atoms with Gasteiger partial charge in [0.15, 0.2) is 0 Å². The van der Waals surface area contributed by atoms with Gasteiger partial charge >= 0.3 is 0 Å². The van der Waals surface area contributed by atoms with Crippen molar-refractivity contribution in [1.82, 2.24) is 9.88 Å². The Morgan fingerprint density at radius 1 is 1.30 bits per heavy atom. The molecule has 0 radical (unpaired) electrons. The first-order valence-corrected chi connectivity index (χ1v) is 7.59. The van der Waals surface area contributed by atoms with Gasteiger partial charge in [-0.25, -0.2) is 4.39 Å². The highest BCUT2D eigenvalue weighted by molar-refractivity contribution is 5.98. The van der Waals surface area contributed by atoms with E-state index in [0.29, 0.717) is 23.1 Å². The molecule has 0 aliphatic carbocycles. The molecule has 3 aromatic rings. The van der Waals surface area contributed by atoms with Gasteiger partial charge < -0.3 is 14.3 Å². The molecule has 0 fully saturated rings. The number of furan rings is 1. The van der Waals surface area contributed by atoms with Gasteiger partial charge in [-0.05, 0) is 45.0 Å². The van der Waals surface area contributed by atoms with Crippen LogP contribution in [-0.2, 0) is 6.54 Å². The number of aryl methyl sites for hydroxylation is 1. The van der Waals surface area contributed by atoms with Crippen molar-refractivity contribution in [2.45, 2.75) is 33.4 Å². The summed E-state index contributed by atoms with van der Waals surface area (Å²) in [5.74, 6) is 1.000. The Labute approximate surface area is 133 Å². The fourth-order valence-electron chi connectivity index (χ4n) is 2.62. The van der Waals surface area contributed by atoms with Crippen molar-refractivity contribution >= 4 is 16.8 Å². The number of halogens is 1. The quantitative estimate of drug-likeness (QED) is 0.782. The van der Waals surface area contributed by atoms with Crippen molar-refractivity contribution in [3.8, 4) is 0 Å². The summed E-state index contributed by atoms with van der Waals surface area (Å²) >= 11 is 0. The van der Waals surface area contributed by atoms with Gasteiger partial charge in [0.05, 0.1) is 12.1 Å². The number of H-pyrrole nitrogens is 1. The van der Waals surface area contributed by atoms with E-state index in [2.05, 4.69) is 4.98 Å². The van der Waals surface area contributed by atoms with E-state index in [-0.39, 0.29) is 17.8 Å². The van der Waals surface area contributed by atoms with Crippen molar-refractivity contribution in [3.63, 3.8) is 0 Å². The number of carbonyl (C=O) groups is 1. The number of hydrogen-bond donors (Lipinski definition) is 1. The molecule has 0 saturated carbocycles. The number of aromatic nitrogens is 1. The minimum Gasteiger partial charge on any atom is -0.464 e. The first kappa shape index (κ1) is 15.3. The summed E-state index contributed by atoms with van der Waals surface area (Å²) in [5, 5.41) is 0.686.